The first-order chi connectivity index (χ1) is 6.11. The Hall–Kier alpha value is -0.840. The molecule has 0 unspecified atom stereocenters. The Morgan fingerprint density at radius 3 is 2.69 bits per heavy atom. The Kier molecular flexibility index (Phi) is 3.08. The second-order valence-corrected chi connectivity index (χ2v) is 3.24. The summed E-state index contributed by atoms with van der Waals surface area (Å²) in [7, 11) is 3.15. The third kappa shape index (κ3) is 1.75. The number of halogens is 1. The van der Waals surface area contributed by atoms with Gasteiger partial charge in [-0.25, -0.2) is 4.68 Å². The van der Waals surface area contributed by atoms with E-state index in [1.165, 1.54) is 4.68 Å². The molecule has 0 N–H and O–H groups in total. The molecule has 0 saturated heterocycles. The van der Waals surface area contributed by atoms with Crippen LogP contribution in [0.3, 0.4) is 0 Å². The van der Waals surface area contributed by atoms with Gasteiger partial charge in [-0.2, -0.15) is 0 Å². The monoisotopic (exact) mass is 246 g/mol. The van der Waals surface area contributed by atoms with E-state index in [2.05, 4.69) is 21.0 Å². The van der Waals surface area contributed by atoms with Crippen LogP contribution in [-0.2, 0) is 12.4 Å². The zero-order valence-electron chi connectivity index (χ0n) is 7.80. The summed E-state index contributed by atoms with van der Waals surface area (Å²) in [5.41, 5.74) is 1.40. The highest BCUT2D eigenvalue weighted by atomic mass is 79.9. The van der Waals surface area contributed by atoms with Crippen molar-refractivity contribution < 1.29 is 4.74 Å². The fraction of sp³-hybridized carbons (Fsp3) is 0.500. The molecule has 1 aromatic rings. The number of ether oxygens (including phenoxy) is 1. The number of methoxy groups -OCH3 is 1. The molecule has 0 spiro atoms. The first-order valence-electron chi connectivity index (χ1n) is 3.78. The van der Waals surface area contributed by atoms with Crippen LogP contribution in [-0.4, -0.2) is 16.9 Å². The molecule has 5 heteroatoms. The van der Waals surface area contributed by atoms with Gasteiger partial charge in [0.2, 0.25) is 5.88 Å². The van der Waals surface area contributed by atoms with Crippen LogP contribution >= 0.6 is 15.9 Å². The van der Waals surface area contributed by atoms with Gasteiger partial charge < -0.3 is 4.74 Å². The van der Waals surface area contributed by atoms with Crippen molar-refractivity contribution in [3.8, 4) is 5.88 Å². The van der Waals surface area contributed by atoms with Crippen LogP contribution in [0.4, 0.5) is 0 Å². The molecule has 0 aliphatic carbocycles. The smallest absolute Gasteiger partial charge is 0.269 e. The molecule has 0 radical (unpaired) electrons. The van der Waals surface area contributed by atoms with E-state index in [0.717, 1.165) is 5.56 Å². The van der Waals surface area contributed by atoms with Gasteiger partial charge in [0.05, 0.1) is 7.11 Å². The zero-order chi connectivity index (χ0) is 10.0. The zero-order valence-corrected chi connectivity index (χ0v) is 9.38. The maximum atomic E-state index is 11.4. The highest BCUT2D eigenvalue weighted by Gasteiger charge is 2.11. The molecule has 72 valence electrons. The van der Waals surface area contributed by atoms with Crippen LogP contribution in [0.25, 0.3) is 0 Å². The van der Waals surface area contributed by atoms with Gasteiger partial charge in [0, 0.05) is 23.5 Å². The van der Waals surface area contributed by atoms with Crippen molar-refractivity contribution in [1.29, 1.82) is 0 Å². The van der Waals surface area contributed by atoms with Crippen molar-refractivity contribution in [2.45, 2.75) is 12.3 Å². The average Bonchev–Trinajstić information content (AvgIpc) is 2.13. The molecule has 0 atom stereocenters. The third-order valence-corrected chi connectivity index (χ3v) is 2.45. The van der Waals surface area contributed by atoms with Crippen LogP contribution in [0.2, 0.25) is 0 Å². The number of nitrogens with zero attached hydrogens (tertiary/aromatic N) is 2. The topological polar surface area (TPSA) is 44.1 Å². The lowest BCUT2D eigenvalue weighted by atomic mass is 10.2. The molecule has 0 aliphatic rings. The second kappa shape index (κ2) is 3.91. The van der Waals surface area contributed by atoms with Gasteiger partial charge in [0.1, 0.15) is 0 Å². The summed E-state index contributed by atoms with van der Waals surface area (Å²) in [5, 5.41) is 4.55. The maximum absolute atomic E-state index is 11.4. The van der Waals surface area contributed by atoms with Gasteiger partial charge in [-0.15, -0.1) is 5.10 Å². The van der Waals surface area contributed by atoms with E-state index in [1.807, 2.05) is 0 Å². The molecule has 0 saturated carbocycles. The predicted molar refractivity (Wildman–Crippen MR) is 53.4 cm³/mol. The number of alkyl halides is 1. The molecule has 0 aliphatic heterocycles. The fourth-order valence-electron chi connectivity index (χ4n) is 1.10. The Labute approximate surface area is 84.7 Å². The first-order valence-corrected chi connectivity index (χ1v) is 4.90. The van der Waals surface area contributed by atoms with Crippen molar-refractivity contribution in [3.05, 3.63) is 21.5 Å². The van der Waals surface area contributed by atoms with Gasteiger partial charge >= 0.3 is 0 Å². The molecular weight excluding hydrogens is 236 g/mol. The molecular formula is C8H11BrN2O2. The number of rotatable bonds is 2. The summed E-state index contributed by atoms with van der Waals surface area (Å²) in [6, 6.07) is 0. The maximum Gasteiger partial charge on any atom is 0.269 e. The summed E-state index contributed by atoms with van der Waals surface area (Å²) in [6.45, 7) is 1.77. The van der Waals surface area contributed by atoms with Crippen LogP contribution in [0, 0.1) is 6.92 Å². The predicted octanol–water partition coefficient (Wildman–Crippen LogP) is 0.992. The van der Waals surface area contributed by atoms with Crippen LogP contribution in [0.1, 0.15) is 11.1 Å². The molecule has 0 aromatic carbocycles. The Bertz CT molecular complexity index is 373. The number of hydrogen-bond acceptors (Lipinski definition) is 3. The molecule has 1 rings (SSSR count). The quantitative estimate of drug-likeness (QED) is 0.732. The summed E-state index contributed by atoms with van der Waals surface area (Å²) < 4.78 is 6.33. The highest BCUT2D eigenvalue weighted by Crippen LogP contribution is 2.18. The SMILES string of the molecule is COc1nn(C)c(=O)c(C)c1CBr. The van der Waals surface area contributed by atoms with Gasteiger partial charge in [0.15, 0.2) is 0 Å². The Morgan fingerprint density at radius 1 is 1.62 bits per heavy atom. The second-order valence-electron chi connectivity index (χ2n) is 2.68. The summed E-state index contributed by atoms with van der Waals surface area (Å²) in [5.74, 6) is 0.497. The van der Waals surface area contributed by atoms with Crippen molar-refractivity contribution >= 4 is 15.9 Å². The van der Waals surface area contributed by atoms with E-state index in [9.17, 15) is 4.79 Å². The Balaban J connectivity index is 3.48. The van der Waals surface area contributed by atoms with Crippen molar-refractivity contribution in [3.63, 3.8) is 0 Å². The molecule has 0 bridgehead atoms. The number of hydrogen-bond donors (Lipinski definition) is 0. The van der Waals surface area contributed by atoms with E-state index >= 15 is 0 Å². The van der Waals surface area contributed by atoms with Gasteiger partial charge in [-0.05, 0) is 6.92 Å². The van der Waals surface area contributed by atoms with Crippen LogP contribution < -0.4 is 10.3 Å². The van der Waals surface area contributed by atoms with E-state index in [4.69, 9.17) is 4.74 Å². The molecule has 13 heavy (non-hydrogen) atoms. The van der Waals surface area contributed by atoms with E-state index in [0.29, 0.717) is 16.8 Å². The Morgan fingerprint density at radius 2 is 2.23 bits per heavy atom. The minimum Gasteiger partial charge on any atom is -0.480 e. The van der Waals surface area contributed by atoms with Gasteiger partial charge in [-0.3, -0.25) is 4.79 Å². The van der Waals surface area contributed by atoms with E-state index < -0.39 is 0 Å². The molecule has 0 amide bonds. The summed E-state index contributed by atoms with van der Waals surface area (Å²) >= 11 is 3.29. The number of aromatic nitrogens is 2. The molecule has 1 aromatic heterocycles. The highest BCUT2D eigenvalue weighted by molar-refractivity contribution is 9.08. The van der Waals surface area contributed by atoms with E-state index in [1.54, 1.807) is 21.1 Å². The van der Waals surface area contributed by atoms with E-state index in [-0.39, 0.29) is 5.56 Å². The van der Waals surface area contributed by atoms with Crippen LogP contribution in [0.15, 0.2) is 4.79 Å². The van der Waals surface area contributed by atoms with Crippen molar-refractivity contribution in [2.75, 3.05) is 7.11 Å². The minimum absolute atomic E-state index is 0.0877. The normalized spacial score (nSPS) is 10.2. The average molecular weight is 247 g/mol. The summed E-state index contributed by atoms with van der Waals surface area (Å²) in [6.07, 6.45) is 0. The lowest BCUT2D eigenvalue weighted by molar-refractivity contribution is 0.377. The van der Waals surface area contributed by atoms with Crippen molar-refractivity contribution in [2.24, 2.45) is 7.05 Å². The third-order valence-electron chi connectivity index (χ3n) is 1.89. The van der Waals surface area contributed by atoms with Gasteiger partial charge in [0.25, 0.3) is 5.56 Å². The standard InChI is InChI=1S/C8H11BrN2O2/c1-5-6(4-9)7(13-3)10-11(2)8(5)12/h4H2,1-3H3. The lowest BCUT2D eigenvalue weighted by Crippen LogP contribution is -2.24. The fourth-order valence-corrected chi connectivity index (χ4v) is 1.76. The largest absolute Gasteiger partial charge is 0.480 e. The number of aryl methyl sites for hydroxylation is 1. The summed E-state index contributed by atoms with van der Waals surface area (Å²) in [4.78, 5) is 11.4. The van der Waals surface area contributed by atoms with Crippen LogP contribution in [0.5, 0.6) is 5.88 Å². The van der Waals surface area contributed by atoms with Crippen molar-refractivity contribution in [1.82, 2.24) is 9.78 Å². The van der Waals surface area contributed by atoms with Gasteiger partial charge in [-0.1, -0.05) is 15.9 Å². The molecule has 0 fully saturated rings. The molecule has 4 nitrogen and oxygen atoms in total. The lowest BCUT2D eigenvalue weighted by Gasteiger charge is -2.08. The first kappa shape index (κ1) is 10.2. The minimum atomic E-state index is -0.0877. The molecule has 1 heterocycles.